The molecule has 1 unspecified atom stereocenters. The van der Waals surface area contributed by atoms with Crippen molar-refractivity contribution >= 4 is 17.5 Å². The molecule has 2 aromatic carbocycles. The quantitative estimate of drug-likeness (QED) is 0.807. The number of carbonyl (C=O) groups is 2. The molecule has 0 spiro atoms. The van der Waals surface area contributed by atoms with E-state index in [2.05, 4.69) is 10.6 Å². The molecule has 2 amide bonds. The highest BCUT2D eigenvalue weighted by Crippen LogP contribution is 2.20. The van der Waals surface area contributed by atoms with E-state index in [1.54, 1.807) is 43.3 Å². The Morgan fingerprint density at radius 1 is 0.963 bits per heavy atom. The molecule has 1 atom stereocenters. The van der Waals surface area contributed by atoms with Crippen molar-refractivity contribution in [1.29, 1.82) is 0 Å². The summed E-state index contributed by atoms with van der Waals surface area (Å²) in [6.45, 7) is 1.69. The number of hydrogen-bond acceptors (Lipinski definition) is 3. The van der Waals surface area contributed by atoms with Crippen LogP contribution in [0.15, 0.2) is 54.6 Å². The number of benzene rings is 2. The van der Waals surface area contributed by atoms with Crippen molar-refractivity contribution in [3.8, 4) is 5.75 Å². The van der Waals surface area contributed by atoms with Gasteiger partial charge in [0.25, 0.3) is 11.8 Å². The molecule has 0 radical (unpaired) electrons. The van der Waals surface area contributed by atoms with Crippen molar-refractivity contribution in [2.45, 2.75) is 51.2 Å². The fraction of sp³-hybridized carbons (Fsp3) is 0.364. The second-order valence-corrected chi connectivity index (χ2v) is 6.92. The first-order chi connectivity index (χ1) is 13.1. The van der Waals surface area contributed by atoms with Gasteiger partial charge in [0, 0.05) is 6.04 Å². The van der Waals surface area contributed by atoms with Crippen LogP contribution in [0.3, 0.4) is 0 Å². The maximum absolute atomic E-state index is 12.7. The summed E-state index contributed by atoms with van der Waals surface area (Å²) in [5.41, 5.74) is 0.975. The van der Waals surface area contributed by atoms with Crippen molar-refractivity contribution in [1.82, 2.24) is 5.32 Å². The van der Waals surface area contributed by atoms with Crippen LogP contribution in [0.2, 0.25) is 0 Å². The van der Waals surface area contributed by atoms with E-state index in [0.29, 0.717) is 17.0 Å². The first kappa shape index (κ1) is 19.0. The summed E-state index contributed by atoms with van der Waals surface area (Å²) in [7, 11) is 0. The number of amides is 2. The number of anilines is 1. The normalized spacial score (nSPS) is 15.6. The van der Waals surface area contributed by atoms with Crippen LogP contribution < -0.4 is 15.4 Å². The van der Waals surface area contributed by atoms with Crippen molar-refractivity contribution in [3.05, 3.63) is 60.2 Å². The first-order valence-electron chi connectivity index (χ1n) is 9.56. The topological polar surface area (TPSA) is 67.4 Å². The van der Waals surface area contributed by atoms with Gasteiger partial charge in [-0.1, -0.05) is 49.6 Å². The van der Waals surface area contributed by atoms with Gasteiger partial charge in [-0.25, -0.2) is 0 Å². The monoisotopic (exact) mass is 366 g/mol. The van der Waals surface area contributed by atoms with Gasteiger partial charge in [0.15, 0.2) is 6.10 Å². The number of para-hydroxylation sites is 2. The molecule has 1 saturated carbocycles. The lowest BCUT2D eigenvalue weighted by Crippen LogP contribution is -2.37. The Morgan fingerprint density at radius 3 is 2.37 bits per heavy atom. The number of hydrogen-bond donors (Lipinski definition) is 2. The molecule has 3 rings (SSSR count). The molecule has 1 aliphatic rings. The van der Waals surface area contributed by atoms with E-state index >= 15 is 0 Å². The highest BCUT2D eigenvalue weighted by atomic mass is 16.5. The third-order valence-corrected chi connectivity index (χ3v) is 4.80. The van der Waals surface area contributed by atoms with Gasteiger partial charge < -0.3 is 15.4 Å². The van der Waals surface area contributed by atoms with Gasteiger partial charge in [0.2, 0.25) is 0 Å². The predicted octanol–water partition coefficient (Wildman–Crippen LogP) is 4.16. The molecule has 0 heterocycles. The largest absolute Gasteiger partial charge is 0.481 e. The molecule has 2 aromatic rings. The van der Waals surface area contributed by atoms with E-state index in [-0.39, 0.29) is 17.9 Å². The number of carbonyl (C=O) groups excluding carboxylic acids is 2. The lowest BCUT2D eigenvalue weighted by molar-refractivity contribution is -0.122. The Kier molecular flexibility index (Phi) is 6.47. The standard InChI is InChI=1S/C22H26N2O3/c1-16(27-18-12-6-3-7-13-18)21(25)24-20-15-9-8-14-19(20)22(26)23-17-10-4-2-5-11-17/h3,6-9,12-17H,2,4-5,10-11H2,1H3,(H,23,26)(H,24,25). The van der Waals surface area contributed by atoms with E-state index in [9.17, 15) is 9.59 Å². The second kappa shape index (κ2) is 9.21. The summed E-state index contributed by atoms with van der Waals surface area (Å²) in [6.07, 6.45) is 4.89. The van der Waals surface area contributed by atoms with Crippen LogP contribution in [-0.4, -0.2) is 24.0 Å². The summed E-state index contributed by atoms with van der Waals surface area (Å²) in [5.74, 6) is 0.190. The van der Waals surface area contributed by atoms with Gasteiger partial charge in [-0.3, -0.25) is 9.59 Å². The molecular formula is C22H26N2O3. The van der Waals surface area contributed by atoms with E-state index in [1.165, 1.54) is 6.42 Å². The zero-order chi connectivity index (χ0) is 19.1. The lowest BCUT2D eigenvalue weighted by atomic mass is 9.95. The average molecular weight is 366 g/mol. The highest BCUT2D eigenvalue weighted by molar-refractivity contribution is 6.04. The maximum Gasteiger partial charge on any atom is 0.265 e. The molecule has 1 fully saturated rings. The van der Waals surface area contributed by atoms with E-state index < -0.39 is 6.10 Å². The number of rotatable bonds is 6. The minimum atomic E-state index is -0.679. The summed E-state index contributed by atoms with van der Waals surface area (Å²) < 4.78 is 5.66. The van der Waals surface area contributed by atoms with Gasteiger partial charge in [0.1, 0.15) is 5.75 Å². The maximum atomic E-state index is 12.7. The van der Waals surface area contributed by atoms with Crippen LogP contribution >= 0.6 is 0 Å². The third-order valence-electron chi connectivity index (χ3n) is 4.80. The van der Waals surface area contributed by atoms with Gasteiger partial charge in [-0.2, -0.15) is 0 Å². The van der Waals surface area contributed by atoms with Crippen LogP contribution in [-0.2, 0) is 4.79 Å². The molecule has 5 nitrogen and oxygen atoms in total. The van der Waals surface area contributed by atoms with Gasteiger partial charge in [0.05, 0.1) is 11.3 Å². The Bertz CT molecular complexity index is 770. The zero-order valence-electron chi connectivity index (χ0n) is 15.6. The van der Waals surface area contributed by atoms with Crippen molar-refractivity contribution in [2.24, 2.45) is 0 Å². The predicted molar refractivity (Wildman–Crippen MR) is 106 cm³/mol. The Labute approximate surface area is 160 Å². The summed E-state index contributed by atoms with van der Waals surface area (Å²) in [5, 5.41) is 5.92. The Morgan fingerprint density at radius 2 is 1.63 bits per heavy atom. The molecule has 0 saturated heterocycles. The summed E-state index contributed by atoms with van der Waals surface area (Å²) >= 11 is 0. The van der Waals surface area contributed by atoms with Crippen LogP contribution in [0.25, 0.3) is 0 Å². The molecular weight excluding hydrogens is 340 g/mol. The summed E-state index contributed by atoms with van der Waals surface area (Å²) in [6, 6.07) is 16.5. The van der Waals surface area contributed by atoms with Crippen LogP contribution in [0.5, 0.6) is 5.75 Å². The molecule has 142 valence electrons. The van der Waals surface area contributed by atoms with Crippen molar-refractivity contribution in [3.63, 3.8) is 0 Å². The SMILES string of the molecule is CC(Oc1ccccc1)C(=O)Nc1ccccc1C(=O)NC1CCCCC1. The second-order valence-electron chi connectivity index (χ2n) is 6.92. The van der Waals surface area contributed by atoms with Crippen molar-refractivity contribution in [2.75, 3.05) is 5.32 Å². The third kappa shape index (κ3) is 5.33. The summed E-state index contributed by atoms with van der Waals surface area (Å²) in [4.78, 5) is 25.2. The van der Waals surface area contributed by atoms with Crippen LogP contribution in [0.1, 0.15) is 49.4 Å². The minimum absolute atomic E-state index is 0.144. The minimum Gasteiger partial charge on any atom is -0.481 e. The average Bonchev–Trinajstić information content (AvgIpc) is 2.70. The lowest BCUT2D eigenvalue weighted by Gasteiger charge is -2.23. The molecule has 1 aliphatic carbocycles. The molecule has 0 aliphatic heterocycles. The molecule has 27 heavy (non-hydrogen) atoms. The smallest absolute Gasteiger partial charge is 0.265 e. The fourth-order valence-corrected chi connectivity index (χ4v) is 3.29. The molecule has 0 bridgehead atoms. The van der Waals surface area contributed by atoms with Crippen LogP contribution in [0, 0.1) is 0 Å². The van der Waals surface area contributed by atoms with Gasteiger partial charge in [-0.05, 0) is 44.0 Å². The number of ether oxygens (including phenoxy) is 1. The van der Waals surface area contributed by atoms with Crippen molar-refractivity contribution < 1.29 is 14.3 Å². The Balaban J connectivity index is 1.64. The van der Waals surface area contributed by atoms with E-state index in [1.807, 2.05) is 18.2 Å². The first-order valence-corrected chi connectivity index (χ1v) is 9.56. The zero-order valence-corrected chi connectivity index (χ0v) is 15.6. The molecule has 2 N–H and O–H groups in total. The molecule has 0 aromatic heterocycles. The van der Waals surface area contributed by atoms with Crippen LogP contribution in [0.4, 0.5) is 5.69 Å². The molecule has 5 heteroatoms. The van der Waals surface area contributed by atoms with Gasteiger partial charge >= 0.3 is 0 Å². The Hall–Kier alpha value is -2.82. The van der Waals surface area contributed by atoms with E-state index in [0.717, 1.165) is 25.7 Å². The fourth-order valence-electron chi connectivity index (χ4n) is 3.29. The van der Waals surface area contributed by atoms with E-state index in [4.69, 9.17) is 4.74 Å². The highest BCUT2D eigenvalue weighted by Gasteiger charge is 2.21. The number of nitrogens with one attached hydrogen (secondary N) is 2. The van der Waals surface area contributed by atoms with Gasteiger partial charge in [-0.15, -0.1) is 0 Å².